The van der Waals surface area contributed by atoms with Gasteiger partial charge in [-0.25, -0.2) is 0 Å². The van der Waals surface area contributed by atoms with Gasteiger partial charge in [-0.05, 0) is 72.1 Å². The van der Waals surface area contributed by atoms with Crippen LogP contribution in [0, 0.1) is 29.6 Å². The normalized spacial score (nSPS) is 38.7. The number of hydrogen-bond donors (Lipinski definition) is 2. The number of hydrogen-bond acceptors (Lipinski definition) is 5. The maximum absolute atomic E-state index is 5.60. The van der Waals surface area contributed by atoms with E-state index in [1.807, 2.05) is 0 Å². The Hall–Kier alpha value is -1.59. The van der Waals surface area contributed by atoms with E-state index in [0.717, 1.165) is 36.1 Å². The average Bonchev–Trinajstić information content (AvgIpc) is 2.82. The summed E-state index contributed by atoms with van der Waals surface area (Å²) in [5.74, 6) is 5.08. The van der Waals surface area contributed by atoms with Crippen molar-refractivity contribution in [2.45, 2.75) is 32.1 Å². The maximum Gasteiger partial charge on any atom is 0.260 e. The van der Waals surface area contributed by atoms with Gasteiger partial charge in [-0.15, -0.1) is 4.79 Å². The van der Waals surface area contributed by atoms with Gasteiger partial charge >= 0.3 is 0 Å². The smallest absolute Gasteiger partial charge is 0.260 e. The van der Waals surface area contributed by atoms with Gasteiger partial charge in [-0.3, -0.25) is 0 Å². The lowest BCUT2D eigenvalue weighted by Crippen LogP contribution is -2.44. The first-order valence-electron chi connectivity index (χ1n) is 7.74. The number of rotatable bonds is 4. The van der Waals surface area contributed by atoms with E-state index in [9.17, 15) is 0 Å². The number of aromatic nitrogens is 4. The molecule has 4 fully saturated rings. The third-order valence-electron chi connectivity index (χ3n) is 5.51. The van der Waals surface area contributed by atoms with Crippen LogP contribution in [0.5, 0.6) is 0 Å². The van der Waals surface area contributed by atoms with E-state index >= 15 is 0 Å². The van der Waals surface area contributed by atoms with Crippen LogP contribution < -0.4 is 11.2 Å². The second-order valence-electron chi connectivity index (χ2n) is 6.75. The zero-order chi connectivity index (χ0) is 13.5. The largest absolute Gasteiger partial charge is 0.365 e. The van der Waals surface area contributed by atoms with Crippen molar-refractivity contribution in [3.63, 3.8) is 0 Å². The molecule has 4 aliphatic rings. The molecule has 1 heterocycles. The number of nitrogens with two attached hydrogens (primary N) is 1. The highest BCUT2D eigenvalue weighted by atomic mass is 15.7. The van der Waals surface area contributed by atoms with Crippen LogP contribution in [-0.2, 0) is 0 Å². The van der Waals surface area contributed by atoms with E-state index in [1.54, 1.807) is 0 Å². The number of nitrogens with one attached hydrogen (secondary N) is 1. The highest BCUT2D eigenvalue weighted by Crippen LogP contribution is 2.56. The Morgan fingerprint density at radius 1 is 1.15 bits per heavy atom. The van der Waals surface area contributed by atoms with Crippen molar-refractivity contribution in [3.8, 4) is 0 Å². The van der Waals surface area contributed by atoms with Gasteiger partial charge in [-0.2, -0.15) is 0 Å². The van der Waals surface area contributed by atoms with Crippen molar-refractivity contribution >= 4 is 5.95 Å². The quantitative estimate of drug-likeness (QED) is 0.812. The molecule has 4 bridgehead atoms. The molecule has 0 saturated heterocycles. The van der Waals surface area contributed by atoms with E-state index in [2.05, 4.69) is 33.1 Å². The van der Waals surface area contributed by atoms with Gasteiger partial charge in [0.15, 0.2) is 0 Å². The lowest BCUT2D eigenvalue weighted by atomic mass is 9.52. The Morgan fingerprint density at radius 2 is 1.85 bits per heavy atom. The fourth-order valence-corrected chi connectivity index (χ4v) is 4.95. The van der Waals surface area contributed by atoms with Crippen LogP contribution in [0.3, 0.4) is 0 Å². The van der Waals surface area contributed by atoms with Crippen LogP contribution in [0.15, 0.2) is 12.2 Å². The van der Waals surface area contributed by atoms with E-state index < -0.39 is 0 Å². The van der Waals surface area contributed by atoms with Crippen molar-refractivity contribution in [1.29, 1.82) is 0 Å². The summed E-state index contributed by atoms with van der Waals surface area (Å²) in [6.07, 6.45) is 12.0. The fraction of sp³-hybridized carbons (Fsp3) is 0.786. The molecule has 0 aromatic carbocycles. The summed E-state index contributed by atoms with van der Waals surface area (Å²) in [4.78, 5) is 1.42. The molecule has 1 aromatic heterocycles. The van der Waals surface area contributed by atoms with Gasteiger partial charge in [0.05, 0.1) is 6.54 Å². The number of tetrazole rings is 1. The molecule has 5 rings (SSSR count). The number of anilines is 1. The summed E-state index contributed by atoms with van der Waals surface area (Å²) in [7, 11) is 0. The first-order valence-corrected chi connectivity index (χ1v) is 7.74. The summed E-state index contributed by atoms with van der Waals surface area (Å²) < 4.78 is 0. The van der Waals surface area contributed by atoms with Gasteiger partial charge in [-0.1, -0.05) is 17.3 Å². The summed E-state index contributed by atoms with van der Waals surface area (Å²) in [5.41, 5.74) is 8.69. The van der Waals surface area contributed by atoms with Gasteiger partial charge in [0.25, 0.3) is 5.95 Å². The van der Waals surface area contributed by atoms with Gasteiger partial charge in [0.1, 0.15) is 0 Å². The first-order chi connectivity index (χ1) is 9.79. The summed E-state index contributed by atoms with van der Waals surface area (Å²) in [5, 5.41) is 10.9. The standard InChI is InChI=1S/C14H22N6/c15-14-17-18-19-20(14)16-3-1-2-13-11-5-9-4-10(7-11)8-12(13)6-9/h1-2,9-13,16H,3-8H2,(H2,15,17,19)/b2-1+. The Labute approximate surface area is 118 Å². The van der Waals surface area contributed by atoms with E-state index in [4.69, 9.17) is 5.73 Å². The van der Waals surface area contributed by atoms with Crippen molar-refractivity contribution in [2.24, 2.45) is 29.6 Å². The fourth-order valence-electron chi connectivity index (χ4n) is 4.95. The van der Waals surface area contributed by atoms with Crippen molar-refractivity contribution in [2.75, 3.05) is 17.7 Å². The zero-order valence-corrected chi connectivity index (χ0v) is 11.7. The highest BCUT2D eigenvalue weighted by molar-refractivity contribution is 5.12. The van der Waals surface area contributed by atoms with Crippen molar-refractivity contribution < 1.29 is 0 Å². The van der Waals surface area contributed by atoms with Crippen LogP contribution in [0.2, 0.25) is 0 Å². The van der Waals surface area contributed by atoms with Gasteiger partial charge in [0.2, 0.25) is 0 Å². The molecule has 0 atom stereocenters. The zero-order valence-electron chi connectivity index (χ0n) is 11.7. The molecule has 0 radical (unpaired) electrons. The van der Waals surface area contributed by atoms with Crippen LogP contribution in [0.4, 0.5) is 5.95 Å². The lowest BCUT2D eigenvalue weighted by Gasteiger charge is -2.53. The maximum atomic E-state index is 5.60. The molecular formula is C14H22N6. The molecule has 20 heavy (non-hydrogen) atoms. The molecule has 0 amide bonds. The molecule has 4 saturated carbocycles. The molecule has 1 aromatic rings. The summed E-state index contributed by atoms with van der Waals surface area (Å²) in [6, 6.07) is 0. The number of nitrogens with zero attached hydrogens (tertiary/aromatic N) is 4. The molecule has 6 nitrogen and oxygen atoms in total. The Kier molecular flexibility index (Phi) is 2.89. The number of nitrogen functional groups attached to an aromatic ring is 1. The minimum Gasteiger partial charge on any atom is -0.365 e. The molecule has 3 N–H and O–H groups in total. The van der Waals surface area contributed by atoms with Crippen molar-refractivity contribution in [3.05, 3.63) is 12.2 Å². The molecule has 0 aliphatic heterocycles. The third-order valence-corrected chi connectivity index (χ3v) is 5.51. The third kappa shape index (κ3) is 2.07. The monoisotopic (exact) mass is 274 g/mol. The van der Waals surface area contributed by atoms with Gasteiger partial charge in [0, 0.05) is 0 Å². The second kappa shape index (κ2) is 4.75. The van der Waals surface area contributed by atoms with E-state index in [1.165, 1.54) is 36.9 Å². The van der Waals surface area contributed by atoms with E-state index in [-0.39, 0.29) is 0 Å². The van der Waals surface area contributed by atoms with Crippen LogP contribution in [-0.4, -0.2) is 26.9 Å². The molecule has 0 spiro atoms. The summed E-state index contributed by atoms with van der Waals surface area (Å²) >= 11 is 0. The minimum absolute atomic E-state index is 0.299. The molecule has 4 aliphatic carbocycles. The first kappa shape index (κ1) is 12.2. The Balaban J connectivity index is 1.35. The predicted octanol–water partition coefficient (Wildman–Crippen LogP) is 1.43. The van der Waals surface area contributed by atoms with Gasteiger partial charge < -0.3 is 11.2 Å². The predicted molar refractivity (Wildman–Crippen MR) is 76.1 cm³/mol. The lowest BCUT2D eigenvalue weighted by molar-refractivity contribution is -0.0162. The SMILES string of the molecule is Nc1nnnn1NC/C=C/C1C2CC3CC(C2)CC1C3. The Bertz CT molecular complexity index is 480. The average molecular weight is 274 g/mol. The van der Waals surface area contributed by atoms with Crippen LogP contribution in [0.1, 0.15) is 32.1 Å². The number of allylic oxidation sites excluding steroid dienone is 1. The topological polar surface area (TPSA) is 81.7 Å². The van der Waals surface area contributed by atoms with Crippen molar-refractivity contribution in [1.82, 2.24) is 20.3 Å². The Morgan fingerprint density at radius 3 is 2.45 bits per heavy atom. The minimum atomic E-state index is 0.299. The van der Waals surface area contributed by atoms with E-state index in [0.29, 0.717) is 5.95 Å². The molecule has 0 unspecified atom stereocenters. The molecular weight excluding hydrogens is 252 g/mol. The molecule has 108 valence electrons. The summed E-state index contributed by atoms with van der Waals surface area (Å²) in [6.45, 7) is 0.720. The van der Waals surface area contributed by atoms with Crippen LogP contribution >= 0.6 is 0 Å². The molecule has 6 heteroatoms. The highest BCUT2D eigenvalue weighted by Gasteiger charge is 2.46. The van der Waals surface area contributed by atoms with Crippen LogP contribution in [0.25, 0.3) is 0 Å². The second-order valence-corrected chi connectivity index (χ2v) is 6.75.